The second kappa shape index (κ2) is 28.2. The topological polar surface area (TPSA) is 195 Å². The quantitative estimate of drug-likeness (QED) is 0.0942. The van der Waals surface area contributed by atoms with E-state index in [9.17, 15) is 28.8 Å². The summed E-state index contributed by atoms with van der Waals surface area (Å²) in [5, 5.41) is 0. The summed E-state index contributed by atoms with van der Waals surface area (Å²) in [5.74, 6) is -1.14. The number of carbonyl (C=O) groups is 6. The van der Waals surface area contributed by atoms with Crippen LogP contribution in [0.4, 0.5) is 0 Å². The van der Waals surface area contributed by atoms with Crippen LogP contribution in [0.2, 0.25) is 0 Å². The maximum absolute atomic E-state index is 12.7. The lowest BCUT2D eigenvalue weighted by Gasteiger charge is -2.26. The maximum atomic E-state index is 12.7. The molecule has 2 aromatic carbocycles. The van der Waals surface area contributed by atoms with Crippen LogP contribution in [0.3, 0.4) is 0 Å². The highest BCUT2D eigenvalue weighted by Crippen LogP contribution is 2.45. The first-order valence-electron chi connectivity index (χ1n) is 29.8. The summed E-state index contributed by atoms with van der Waals surface area (Å²) in [6, 6.07) is 15.2. The van der Waals surface area contributed by atoms with Crippen LogP contribution in [0.1, 0.15) is 89.3 Å². The third-order valence-electron chi connectivity index (χ3n) is 16.6. The van der Waals surface area contributed by atoms with Crippen LogP contribution in [0.25, 0.3) is 12.2 Å². The lowest BCUT2D eigenvalue weighted by atomic mass is 9.85. The van der Waals surface area contributed by atoms with Crippen LogP contribution in [0, 0.1) is 24.7 Å². The number of hydrogen-bond donors (Lipinski definition) is 0. The second-order valence-corrected chi connectivity index (χ2v) is 23.4. The number of ether oxygens (including phenoxy) is 10. The van der Waals surface area contributed by atoms with Crippen LogP contribution in [-0.2, 0) is 71.4 Å². The molecule has 12 atom stereocenters. The van der Waals surface area contributed by atoms with Crippen LogP contribution in [-0.4, -0.2) is 97.9 Å². The van der Waals surface area contributed by atoms with Gasteiger partial charge in [0, 0.05) is 73.5 Å². The Morgan fingerprint density at radius 1 is 0.461 bits per heavy atom. The number of methoxy groups -OCH3 is 1. The Morgan fingerprint density at radius 3 is 1.11 bits per heavy atom. The van der Waals surface area contributed by atoms with Crippen molar-refractivity contribution in [1.82, 2.24) is 0 Å². The van der Waals surface area contributed by atoms with E-state index in [-0.39, 0.29) is 60.1 Å². The molecular weight excluding hydrogens is 1130 g/mol. The SMILES string of the molecule is C=C1OC2CC3=C[C@@H](C/C(C)=C/[C@@H](OC(=O)/C=C/CC)[C@@H]2C1=C)OC3=O.C=C1OC2CC3=C[C@@H](C/C(C)=C/[C@@H](OC(=O)/C=C/c4ccc(C)cc4)[C@@H]2C1=C)OC3=O.C=C1OC2CC3=C[C@@H](C/C(C)=C/[C@@H](OC(=O)/C=C/c4ccc(OC)cc4)[C@@H]2C1=C)OC3=O. The van der Waals surface area contributed by atoms with Gasteiger partial charge in [-0.2, -0.15) is 0 Å². The van der Waals surface area contributed by atoms with Crippen molar-refractivity contribution >= 4 is 48.0 Å². The van der Waals surface area contributed by atoms with Gasteiger partial charge in [0.2, 0.25) is 0 Å². The van der Waals surface area contributed by atoms with Gasteiger partial charge in [-0.15, -0.1) is 0 Å². The van der Waals surface area contributed by atoms with E-state index in [2.05, 4.69) is 39.5 Å². The molecule has 6 aliphatic heterocycles. The molecule has 3 unspecified atom stereocenters. The molecule has 0 amide bonds. The van der Waals surface area contributed by atoms with Crippen LogP contribution in [0.15, 0.2) is 216 Å². The molecule has 6 heterocycles. The average Bonchev–Trinajstić information content (AvgIpc) is 3.06. The Hall–Kier alpha value is -9.44. The predicted octanol–water partition coefficient (Wildman–Crippen LogP) is 12.4. The Balaban J connectivity index is 0.000000160. The maximum Gasteiger partial charge on any atom is 0.334 e. The highest BCUT2D eigenvalue weighted by atomic mass is 16.6. The van der Waals surface area contributed by atoms with Crippen LogP contribution in [0.5, 0.6) is 5.75 Å². The summed E-state index contributed by atoms with van der Waals surface area (Å²) in [6.07, 6.45) is 20.4. The molecule has 0 aromatic heterocycles. The number of hydrogen-bond acceptors (Lipinski definition) is 16. The average molecular weight is 1210 g/mol. The van der Waals surface area contributed by atoms with Gasteiger partial charge in [-0.25, -0.2) is 28.8 Å². The minimum atomic E-state index is -0.604. The van der Waals surface area contributed by atoms with Crippen molar-refractivity contribution in [3.63, 3.8) is 0 Å². The second-order valence-electron chi connectivity index (χ2n) is 23.4. The molecular formula is C73H76O16. The number of aryl methyl sites for hydroxylation is 1. The predicted molar refractivity (Wildman–Crippen MR) is 334 cm³/mol. The monoisotopic (exact) mass is 1210 g/mol. The molecule has 3 saturated heterocycles. The molecule has 0 N–H and O–H groups in total. The fourth-order valence-corrected chi connectivity index (χ4v) is 12.1. The number of carbonyl (C=O) groups excluding carboxylic acids is 6. The van der Waals surface area contributed by atoms with Crippen molar-refractivity contribution in [3.8, 4) is 5.75 Å². The van der Waals surface area contributed by atoms with Crippen molar-refractivity contribution < 1.29 is 76.1 Å². The molecule has 89 heavy (non-hydrogen) atoms. The Morgan fingerprint density at radius 2 is 0.787 bits per heavy atom. The van der Waals surface area contributed by atoms with E-state index in [1.807, 2.05) is 120 Å². The summed E-state index contributed by atoms with van der Waals surface area (Å²) in [4.78, 5) is 74.1. The van der Waals surface area contributed by atoms with Gasteiger partial charge in [0.1, 0.15) is 78.0 Å². The first-order chi connectivity index (χ1) is 42.5. The van der Waals surface area contributed by atoms with Crippen LogP contribution >= 0.6 is 0 Å². The molecule has 11 rings (SSSR count). The van der Waals surface area contributed by atoms with Crippen molar-refractivity contribution in [2.24, 2.45) is 17.8 Å². The molecule has 16 heteroatoms. The van der Waals surface area contributed by atoms with Crippen molar-refractivity contribution in [2.75, 3.05) is 7.11 Å². The zero-order valence-corrected chi connectivity index (χ0v) is 51.2. The van der Waals surface area contributed by atoms with Gasteiger partial charge in [-0.3, -0.25) is 0 Å². The molecule has 3 aliphatic carbocycles. The van der Waals surface area contributed by atoms with Crippen molar-refractivity contribution in [1.29, 1.82) is 0 Å². The van der Waals surface area contributed by atoms with Gasteiger partial charge in [0.15, 0.2) is 0 Å². The highest BCUT2D eigenvalue weighted by molar-refractivity contribution is 5.93. The van der Waals surface area contributed by atoms with Crippen molar-refractivity contribution in [2.45, 2.75) is 135 Å². The normalized spacial score (nSPS) is 30.3. The molecule has 6 bridgehead atoms. The van der Waals surface area contributed by atoms with E-state index in [1.165, 1.54) is 18.2 Å². The fourth-order valence-electron chi connectivity index (χ4n) is 12.1. The van der Waals surface area contributed by atoms with E-state index in [1.54, 1.807) is 25.3 Å². The van der Waals surface area contributed by atoms with Gasteiger partial charge >= 0.3 is 35.8 Å². The summed E-state index contributed by atoms with van der Waals surface area (Å²) < 4.78 is 56.6. The Labute approximate surface area is 519 Å². The summed E-state index contributed by atoms with van der Waals surface area (Å²) in [7, 11) is 1.60. The minimum absolute atomic E-state index is 0.283. The molecule has 0 spiro atoms. The van der Waals surface area contributed by atoms with Gasteiger partial charge in [-0.05, 0) is 123 Å². The Kier molecular flexibility index (Phi) is 20.3. The largest absolute Gasteiger partial charge is 0.497 e. The van der Waals surface area contributed by atoms with E-state index < -0.39 is 48.4 Å². The molecule has 2 aromatic rings. The number of fused-ring (bicyclic) bond motifs is 6. The molecule has 0 saturated carbocycles. The molecule has 464 valence electrons. The fraction of sp³-hybridized carbons (Fsp3) is 0.342. The Bertz CT molecular complexity index is 3530. The first-order valence-corrected chi connectivity index (χ1v) is 29.8. The van der Waals surface area contributed by atoms with Gasteiger partial charge < -0.3 is 47.4 Å². The lowest BCUT2D eigenvalue weighted by Crippen LogP contribution is -2.32. The van der Waals surface area contributed by atoms with Gasteiger partial charge in [0.05, 0.1) is 24.9 Å². The highest BCUT2D eigenvalue weighted by Gasteiger charge is 2.47. The summed E-state index contributed by atoms with van der Waals surface area (Å²) >= 11 is 0. The number of esters is 6. The zero-order chi connectivity index (χ0) is 63.8. The number of allylic oxidation sites excluding steroid dienone is 4. The summed E-state index contributed by atoms with van der Waals surface area (Å²) in [6.45, 7) is 33.8. The molecule has 9 aliphatic rings. The molecule has 0 radical (unpaired) electrons. The smallest absolute Gasteiger partial charge is 0.334 e. The van der Waals surface area contributed by atoms with E-state index in [0.29, 0.717) is 89.2 Å². The molecule has 16 nitrogen and oxygen atoms in total. The third kappa shape index (κ3) is 15.8. The molecule has 3 fully saturated rings. The lowest BCUT2D eigenvalue weighted by molar-refractivity contribution is -0.144. The van der Waals surface area contributed by atoms with Gasteiger partial charge in [0.25, 0.3) is 0 Å². The zero-order valence-electron chi connectivity index (χ0n) is 51.2. The van der Waals surface area contributed by atoms with Crippen molar-refractivity contribution in [3.05, 3.63) is 233 Å². The first kappa shape index (κ1) is 64.0. The van der Waals surface area contributed by atoms with Gasteiger partial charge in [-0.1, -0.05) is 111 Å². The third-order valence-corrected chi connectivity index (χ3v) is 16.6. The minimum Gasteiger partial charge on any atom is -0.497 e. The summed E-state index contributed by atoms with van der Waals surface area (Å²) in [5.41, 5.74) is 9.59. The van der Waals surface area contributed by atoms with E-state index in [0.717, 1.165) is 45.6 Å². The van der Waals surface area contributed by atoms with E-state index >= 15 is 0 Å². The number of benzene rings is 2. The van der Waals surface area contributed by atoms with E-state index in [4.69, 9.17) is 47.4 Å². The standard InChI is InChI=1S/C26H26O6.C26H26O5.C21H24O5/c1-15-11-21-13-19(26(28)31-21)14-23-25(16(2)17(3)30-23)22(12-15)32-24(27)10-7-18-5-8-20(29-4)9-6-18;1-15-5-7-19(8-6-15)9-10-24(27)31-22-12-16(2)11-21-13-20(26(28)30-21)14-23-25(22)17(3)18(4)29-23;1-5-6-7-19(22)26-17-9-12(2)8-16-10-15(21(23)25-16)11-18-20(17)13(3)14(4)24-18/h5-10,12-13,21-23,25H,2-3,11,14H2,1,4H3;5-10,12-13,21-23,25H,3-4,11,14H2,1-2H3;6-7,9-10,16-18,20H,3-5,8,11H2,1-2H3/b10-7+,15-12+;10-9+,16-12+;7-6+,12-9+/t2*21-,22-,23?,25+;16-,17-,18?,20+/m111/s1. The number of rotatable bonds is 10. The van der Waals surface area contributed by atoms with Crippen LogP contribution < -0.4 is 4.74 Å².